The molecule has 0 aromatic heterocycles. The van der Waals surface area contributed by atoms with Crippen molar-refractivity contribution in [2.24, 2.45) is 5.92 Å². The second-order valence-corrected chi connectivity index (χ2v) is 3.64. The zero-order chi connectivity index (χ0) is 7.72. The van der Waals surface area contributed by atoms with Crippen molar-refractivity contribution in [2.45, 2.75) is 32.4 Å². The summed E-state index contributed by atoms with van der Waals surface area (Å²) in [6, 6.07) is 0.593. The van der Waals surface area contributed by atoms with E-state index in [1.165, 1.54) is 0 Å². The van der Waals surface area contributed by atoms with Gasteiger partial charge in [-0.1, -0.05) is 13.8 Å². The van der Waals surface area contributed by atoms with E-state index in [0.29, 0.717) is 12.0 Å². The molecule has 1 rings (SSSR count). The number of hydrogen-bond donors (Lipinski definition) is 1. The third-order valence-electron chi connectivity index (χ3n) is 2.35. The molecule has 60 valence electrons. The summed E-state index contributed by atoms with van der Waals surface area (Å²) in [5, 5.41) is 9.28. The quantitative estimate of drug-likeness (QED) is 0.584. The maximum atomic E-state index is 9.28. The Balaban J connectivity index is 2.46. The normalized spacial score (nSPS) is 35.7. The van der Waals surface area contributed by atoms with Crippen LogP contribution in [-0.4, -0.2) is 35.7 Å². The van der Waals surface area contributed by atoms with Gasteiger partial charge in [-0.25, -0.2) is 0 Å². The van der Waals surface area contributed by atoms with Gasteiger partial charge < -0.3 is 10.0 Å². The van der Waals surface area contributed by atoms with Gasteiger partial charge in [0.15, 0.2) is 0 Å². The molecule has 0 spiro atoms. The lowest BCUT2D eigenvalue weighted by Gasteiger charge is -2.22. The minimum atomic E-state index is -0.0857. The number of likely N-dealkylation sites (N-methyl/N-ethyl adjacent to an activating group) is 1. The fraction of sp³-hybridized carbons (Fsp3) is 1.00. The fourth-order valence-corrected chi connectivity index (χ4v) is 1.78. The lowest BCUT2D eigenvalue weighted by molar-refractivity contribution is 0.182. The maximum absolute atomic E-state index is 9.28. The number of nitrogens with zero attached hydrogens (tertiary/aromatic N) is 1. The van der Waals surface area contributed by atoms with Gasteiger partial charge in [-0.2, -0.15) is 0 Å². The van der Waals surface area contributed by atoms with Gasteiger partial charge in [-0.3, -0.25) is 0 Å². The van der Waals surface area contributed by atoms with Crippen molar-refractivity contribution in [1.29, 1.82) is 0 Å². The molecule has 1 fully saturated rings. The van der Waals surface area contributed by atoms with E-state index in [1.54, 1.807) is 0 Å². The average Bonchev–Trinajstić information content (AvgIpc) is 2.10. The zero-order valence-electron chi connectivity index (χ0n) is 7.04. The van der Waals surface area contributed by atoms with Crippen molar-refractivity contribution in [2.75, 3.05) is 13.6 Å². The van der Waals surface area contributed by atoms with Gasteiger partial charge in [-0.05, 0) is 19.4 Å². The van der Waals surface area contributed by atoms with Gasteiger partial charge in [-0.15, -0.1) is 0 Å². The van der Waals surface area contributed by atoms with Crippen molar-refractivity contribution < 1.29 is 5.11 Å². The standard InChI is InChI=1S/C8H17NO/c1-6(2)8-4-7(10)5-9(8)3/h6-8,10H,4-5H2,1-3H3/t7-,8+/m1/s1. The van der Waals surface area contributed by atoms with Gasteiger partial charge in [0.2, 0.25) is 0 Å². The van der Waals surface area contributed by atoms with E-state index in [4.69, 9.17) is 0 Å². The molecule has 1 N–H and O–H groups in total. The fourth-order valence-electron chi connectivity index (χ4n) is 1.78. The largest absolute Gasteiger partial charge is 0.392 e. The van der Waals surface area contributed by atoms with E-state index in [-0.39, 0.29) is 6.10 Å². The Labute approximate surface area is 62.8 Å². The summed E-state index contributed by atoms with van der Waals surface area (Å²) in [5.41, 5.74) is 0. The number of rotatable bonds is 1. The van der Waals surface area contributed by atoms with Crippen molar-refractivity contribution in [3.8, 4) is 0 Å². The van der Waals surface area contributed by atoms with Crippen LogP contribution in [0.25, 0.3) is 0 Å². The smallest absolute Gasteiger partial charge is 0.0682 e. The van der Waals surface area contributed by atoms with Crippen molar-refractivity contribution in [1.82, 2.24) is 4.90 Å². The third kappa shape index (κ3) is 1.50. The van der Waals surface area contributed by atoms with Gasteiger partial charge in [0, 0.05) is 12.6 Å². The summed E-state index contributed by atoms with van der Waals surface area (Å²) in [7, 11) is 2.08. The van der Waals surface area contributed by atoms with Crippen molar-refractivity contribution >= 4 is 0 Å². The molecule has 1 heterocycles. The van der Waals surface area contributed by atoms with Crippen LogP contribution in [0.1, 0.15) is 20.3 Å². The summed E-state index contributed by atoms with van der Waals surface area (Å²) in [5.74, 6) is 0.669. The molecule has 0 saturated carbocycles. The Morgan fingerprint density at radius 2 is 2.10 bits per heavy atom. The van der Waals surface area contributed by atoms with Gasteiger partial charge >= 0.3 is 0 Å². The number of β-amino-alcohol motifs (C(OH)–C–C–N with tert-alkyl or cyclic N) is 1. The molecule has 0 amide bonds. The van der Waals surface area contributed by atoms with E-state index >= 15 is 0 Å². The molecule has 1 saturated heterocycles. The molecule has 2 atom stereocenters. The molecule has 0 aliphatic carbocycles. The van der Waals surface area contributed by atoms with Gasteiger partial charge in [0.1, 0.15) is 0 Å². The molecule has 1 aliphatic heterocycles. The van der Waals surface area contributed by atoms with Crippen LogP contribution in [0.15, 0.2) is 0 Å². The summed E-state index contributed by atoms with van der Waals surface area (Å²) >= 11 is 0. The highest BCUT2D eigenvalue weighted by molar-refractivity contribution is 4.84. The molecule has 0 bridgehead atoms. The van der Waals surface area contributed by atoms with E-state index in [2.05, 4.69) is 25.8 Å². The molecule has 0 aromatic rings. The maximum Gasteiger partial charge on any atom is 0.0682 e. The lowest BCUT2D eigenvalue weighted by atomic mass is 10.0. The Bertz CT molecular complexity index is 114. The predicted octanol–water partition coefficient (Wildman–Crippen LogP) is 0.707. The number of likely N-dealkylation sites (tertiary alicyclic amines) is 1. The van der Waals surface area contributed by atoms with Crippen molar-refractivity contribution in [3.63, 3.8) is 0 Å². The van der Waals surface area contributed by atoms with Crippen LogP contribution in [0, 0.1) is 5.92 Å². The van der Waals surface area contributed by atoms with E-state index in [0.717, 1.165) is 13.0 Å². The second kappa shape index (κ2) is 2.89. The molecule has 2 nitrogen and oxygen atoms in total. The Kier molecular flexibility index (Phi) is 2.32. The van der Waals surface area contributed by atoms with E-state index in [1.807, 2.05) is 0 Å². The van der Waals surface area contributed by atoms with Crippen LogP contribution < -0.4 is 0 Å². The lowest BCUT2D eigenvalue weighted by Crippen LogP contribution is -2.29. The number of aliphatic hydroxyl groups excluding tert-OH is 1. The highest BCUT2D eigenvalue weighted by Crippen LogP contribution is 2.21. The average molecular weight is 143 g/mol. The minimum absolute atomic E-state index is 0.0857. The monoisotopic (exact) mass is 143 g/mol. The van der Waals surface area contributed by atoms with Gasteiger partial charge in [0.25, 0.3) is 0 Å². The predicted molar refractivity (Wildman–Crippen MR) is 41.9 cm³/mol. The number of aliphatic hydroxyl groups is 1. The molecule has 0 unspecified atom stereocenters. The molecule has 0 radical (unpaired) electrons. The molecule has 10 heavy (non-hydrogen) atoms. The topological polar surface area (TPSA) is 23.5 Å². The van der Waals surface area contributed by atoms with Crippen LogP contribution in [-0.2, 0) is 0 Å². The minimum Gasteiger partial charge on any atom is -0.392 e. The highest BCUT2D eigenvalue weighted by atomic mass is 16.3. The van der Waals surface area contributed by atoms with E-state index < -0.39 is 0 Å². The Hall–Kier alpha value is -0.0800. The first-order chi connectivity index (χ1) is 4.61. The third-order valence-corrected chi connectivity index (χ3v) is 2.35. The molecular weight excluding hydrogens is 126 g/mol. The molecule has 1 aliphatic rings. The highest BCUT2D eigenvalue weighted by Gasteiger charge is 2.29. The zero-order valence-corrected chi connectivity index (χ0v) is 7.04. The summed E-state index contributed by atoms with van der Waals surface area (Å²) < 4.78 is 0. The van der Waals surface area contributed by atoms with E-state index in [9.17, 15) is 5.11 Å². The van der Waals surface area contributed by atoms with Crippen LogP contribution in [0.3, 0.4) is 0 Å². The molecular formula is C8H17NO. The molecule has 2 heteroatoms. The first kappa shape index (κ1) is 8.02. The SMILES string of the molecule is CC(C)[C@@H]1C[C@@H](O)CN1C. The first-order valence-electron chi connectivity index (χ1n) is 3.99. The van der Waals surface area contributed by atoms with Crippen LogP contribution in [0.4, 0.5) is 0 Å². The van der Waals surface area contributed by atoms with Crippen LogP contribution in [0.2, 0.25) is 0 Å². The summed E-state index contributed by atoms with van der Waals surface area (Å²) in [4.78, 5) is 2.25. The number of hydrogen-bond acceptors (Lipinski definition) is 2. The first-order valence-corrected chi connectivity index (χ1v) is 3.99. The Morgan fingerprint density at radius 3 is 2.30 bits per heavy atom. The Morgan fingerprint density at radius 1 is 1.50 bits per heavy atom. The summed E-state index contributed by atoms with van der Waals surface area (Å²) in [6.45, 7) is 5.27. The molecule has 0 aromatic carbocycles. The second-order valence-electron chi connectivity index (χ2n) is 3.64. The van der Waals surface area contributed by atoms with Crippen molar-refractivity contribution in [3.05, 3.63) is 0 Å². The van der Waals surface area contributed by atoms with Crippen LogP contribution in [0.5, 0.6) is 0 Å². The summed E-state index contributed by atoms with van der Waals surface area (Å²) in [6.07, 6.45) is 0.867. The van der Waals surface area contributed by atoms with Crippen LogP contribution >= 0.6 is 0 Å². The van der Waals surface area contributed by atoms with Gasteiger partial charge in [0.05, 0.1) is 6.10 Å².